The molecule has 0 saturated carbocycles. The molecule has 0 unspecified atom stereocenters. The van der Waals surface area contributed by atoms with Crippen molar-refractivity contribution < 1.29 is 9.47 Å². The fourth-order valence-electron chi connectivity index (χ4n) is 2.36. The predicted molar refractivity (Wildman–Crippen MR) is 69.1 cm³/mol. The van der Waals surface area contributed by atoms with Crippen LogP contribution in [0, 0.1) is 0 Å². The van der Waals surface area contributed by atoms with Crippen molar-refractivity contribution in [2.75, 3.05) is 0 Å². The summed E-state index contributed by atoms with van der Waals surface area (Å²) in [5.41, 5.74) is 1.02. The Morgan fingerprint density at radius 2 is 1.82 bits per heavy atom. The average Bonchev–Trinajstić information content (AvgIpc) is 2.68. The van der Waals surface area contributed by atoms with Gasteiger partial charge >= 0.3 is 0 Å². The monoisotopic (exact) mass is 254 g/mol. The van der Waals surface area contributed by atoms with Crippen molar-refractivity contribution in [3.8, 4) is 0 Å². The Balaban J connectivity index is 2.27. The molecule has 94 valence electrons. The van der Waals surface area contributed by atoms with E-state index in [1.54, 1.807) is 0 Å². The minimum Gasteiger partial charge on any atom is -0.344 e. The lowest BCUT2D eigenvalue weighted by molar-refractivity contribution is -0.178. The van der Waals surface area contributed by atoms with Gasteiger partial charge in [0.25, 0.3) is 0 Å². The molecule has 1 aliphatic rings. The topological polar surface area (TPSA) is 18.5 Å². The number of rotatable bonds is 3. The highest BCUT2D eigenvalue weighted by Gasteiger charge is 2.44. The molecular formula is C14H19ClO2. The zero-order valence-corrected chi connectivity index (χ0v) is 11.3. The molecule has 0 N–H and O–H groups in total. The predicted octanol–water partition coefficient (Wildman–Crippen LogP) is 4.33. The minimum absolute atomic E-state index is 0.0369. The molecule has 2 nitrogen and oxygen atoms in total. The number of hydrogen-bond donors (Lipinski definition) is 0. The molecule has 1 aromatic carbocycles. The van der Waals surface area contributed by atoms with Gasteiger partial charge < -0.3 is 9.47 Å². The SMILES string of the molecule is CCC1(CC)O[C@H](c2ccccc2Cl)[C@@H](C)O1. The van der Waals surface area contributed by atoms with Crippen molar-refractivity contribution >= 4 is 11.6 Å². The first-order chi connectivity index (χ1) is 8.12. The zero-order valence-electron chi connectivity index (χ0n) is 10.6. The second-order valence-electron chi connectivity index (χ2n) is 4.50. The van der Waals surface area contributed by atoms with Gasteiger partial charge in [-0.2, -0.15) is 0 Å². The van der Waals surface area contributed by atoms with Crippen LogP contribution in [0.2, 0.25) is 5.02 Å². The Bertz CT molecular complexity index is 388. The van der Waals surface area contributed by atoms with E-state index in [1.165, 1.54) is 0 Å². The Morgan fingerprint density at radius 1 is 1.18 bits per heavy atom. The fourth-order valence-corrected chi connectivity index (χ4v) is 2.60. The molecule has 2 atom stereocenters. The molecule has 3 heteroatoms. The molecule has 1 fully saturated rings. The third-order valence-electron chi connectivity index (χ3n) is 3.46. The number of halogens is 1. The molecule has 0 radical (unpaired) electrons. The summed E-state index contributed by atoms with van der Waals surface area (Å²) in [4.78, 5) is 0. The fraction of sp³-hybridized carbons (Fsp3) is 0.571. The van der Waals surface area contributed by atoms with Gasteiger partial charge in [-0.3, -0.25) is 0 Å². The summed E-state index contributed by atoms with van der Waals surface area (Å²) in [6.45, 7) is 6.22. The highest BCUT2D eigenvalue weighted by molar-refractivity contribution is 6.31. The maximum absolute atomic E-state index is 6.21. The van der Waals surface area contributed by atoms with E-state index in [2.05, 4.69) is 13.8 Å². The van der Waals surface area contributed by atoms with Gasteiger partial charge in [0.2, 0.25) is 0 Å². The van der Waals surface area contributed by atoms with Crippen LogP contribution in [0.5, 0.6) is 0 Å². The first-order valence-electron chi connectivity index (χ1n) is 6.22. The van der Waals surface area contributed by atoms with E-state index in [-0.39, 0.29) is 12.2 Å². The van der Waals surface area contributed by atoms with Crippen LogP contribution < -0.4 is 0 Å². The quantitative estimate of drug-likeness (QED) is 0.799. The highest BCUT2D eigenvalue weighted by atomic mass is 35.5. The minimum atomic E-state index is -0.441. The summed E-state index contributed by atoms with van der Waals surface area (Å²) in [6.07, 6.45) is 1.68. The molecule has 0 aromatic heterocycles. The van der Waals surface area contributed by atoms with Gasteiger partial charge in [0.05, 0.1) is 6.10 Å². The van der Waals surface area contributed by atoms with Crippen LogP contribution in [0.4, 0.5) is 0 Å². The van der Waals surface area contributed by atoms with Crippen LogP contribution in [0.25, 0.3) is 0 Å². The van der Waals surface area contributed by atoms with E-state index >= 15 is 0 Å². The molecule has 1 saturated heterocycles. The van der Waals surface area contributed by atoms with E-state index in [4.69, 9.17) is 21.1 Å². The number of benzene rings is 1. The van der Waals surface area contributed by atoms with Gasteiger partial charge in [0.15, 0.2) is 5.79 Å². The van der Waals surface area contributed by atoms with Crippen LogP contribution in [0.1, 0.15) is 45.3 Å². The summed E-state index contributed by atoms with van der Waals surface area (Å²) < 4.78 is 12.1. The first kappa shape index (κ1) is 12.9. The summed E-state index contributed by atoms with van der Waals surface area (Å²) in [7, 11) is 0. The molecule has 1 aliphatic heterocycles. The molecule has 0 aliphatic carbocycles. The lowest BCUT2D eigenvalue weighted by atomic mass is 10.1. The molecule has 0 bridgehead atoms. The van der Waals surface area contributed by atoms with Gasteiger partial charge in [-0.15, -0.1) is 0 Å². The Morgan fingerprint density at radius 3 is 2.35 bits per heavy atom. The largest absolute Gasteiger partial charge is 0.344 e. The summed E-state index contributed by atoms with van der Waals surface area (Å²) in [5, 5.41) is 0.746. The van der Waals surface area contributed by atoms with Crippen LogP contribution in [-0.2, 0) is 9.47 Å². The van der Waals surface area contributed by atoms with Crippen molar-refractivity contribution in [2.24, 2.45) is 0 Å². The van der Waals surface area contributed by atoms with Crippen molar-refractivity contribution in [2.45, 2.75) is 51.6 Å². The van der Waals surface area contributed by atoms with Gasteiger partial charge in [-0.05, 0) is 25.8 Å². The van der Waals surface area contributed by atoms with Crippen LogP contribution >= 0.6 is 11.6 Å². The second-order valence-corrected chi connectivity index (χ2v) is 4.91. The number of hydrogen-bond acceptors (Lipinski definition) is 2. The molecule has 17 heavy (non-hydrogen) atoms. The smallest absolute Gasteiger partial charge is 0.169 e. The van der Waals surface area contributed by atoms with E-state index in [0.717, 1.165) is 23.4 Å². The standard InChI is InChI=1S/C14H19ClO2/c1-4-14(5-2)16-10(3)13(17-14)11-8-6-7-9-12(11)15/h6-10,13H,4-5H2,1-3H3/t10-,13+/m1/s1. The van der Waals surface area contributed by atoms with Crippen LogP contribution in [0.15, 0.2) is 24.3 Å². The molecule has 0 spiro atoms. The van der Waals surface area contributed by atoms with E-state index in [1.807, 2.05) is 31.2 Å². The zero-order chi connectivity index (χ0) is 12.5. The number of ether oxygens (including phenoxy) is 2. The second kappa shape index (κ2) is 4.97. The van der Waals surface area contributed by atoms with Gasteiger partial charge in [0.1, 0.15) is 6.10 Å². The molecule has 0 amide bonds. The maximum Gasteiger partial charge on any atom is 0.169 e. The van der Waals surface area contributed by atoms with E-state index in [0.29, 0.717) is 0 Å². The third kappa shape index (κ3) is 2.35. The third-order valence-corrected chi connectivity index (χ3v) is 3.80. The van der Waals surface area contributed by atoms with Crippen molar-refractivity contribution in [1.29, 1.82) is 0 Å². The highest BCUT2D eigenvalue weighted by Crippen LogP contribution is 2.43. The summed E-state index contributed by atoms with van der Waals surface area (Å²) in [6, 6.07) is 7.81. The van der Waals surface area contributed by atoms with Crippen LogP contribution in [0.3, 0.4) is 0 Å². The van der Waals surface area contributed by atoms with Crippen molar-refractivity contribution in [3.05, 3.63) is 34.9 Å². The van der Waals surface area contributed by atoms with Gasteiger partial charge in [-0.25, -0.2) is 0 Å². The molecule has 1 aromatic rings. The summed E-state index contributed by atoms with van der Waals surface area (Å²) >= 11 is 6.21. The van der Waals surface area contributed by atoms with Crippen molar-refractivity contribution in [1.82, 2.24) is 0 Å². The normalized spacial score (nSPS) is 27.3. The molecule has 2 rings (SSSR count). The average molecular weight is 255 g/mol. The van der Waals surface area contributed by atoms with Gasteiger partial charge in [0, 0.05) is 10.6 Å². The van der Waals surface area contributed by atoms with Crippen LogP contribution in [-0.4, -0.2) is 11.9 Å². The van der Waals surface area contributed by atoms with E-state index in [9.17, 15) is 0 Å². The van der Waals surface area contributed by atoms with Crippen molar-refractivity contribution in [3.63, 3.8) is 0 Å². The van der Waals surface area contributed by atoms with Gasteiger partial charge in [-0.1, -0.05) is 43.6 Å². The Hall–Kier alpha value is -0.570. The Labute approximate surface area is 108 Å². The molecule has 1 heterocycles. The Kier molecular flexibility index (Phi) is 3.76. The molecular weight excluding hydrogens is 236 g/mol. The maximum atomic E-state index is 6.21. The lowest BCUT2D eigenvalue weighted by Crippen LogP contribution is -2.28. The van der Waals surface area contributed by atoms with E-state index < -0.39 is 5.79 Å². The first-order valence-corrected chi connectivity index (χ1v) is 6.59. The summed E-state index contributed by atoms with van der Waals surface area (Å²) in [5.74, 6) is -0.441. The lowest BCUT2D eigenvalue weighted by Gasteiger charge is -2.25.